The van der Waals surface area contributed by atoms with E-state index in [4.69, 9.17) is 30.4 Å². The van der Waals surface area contributed by atoms with Gasteiger partial charge in [0.25, 0.3) is 0 Å². The van der Waals surface area contributed by atoms with Crippen LogP contribution in [0.25, 0.3) is 0 Å². The monoisotopic (exact) mass is 632 g/mol. The van der Waals surface area contributed by atoms with Crippen molar-refractivity contribution in [3.63, 3.8) is 0 Å². The molecule has 0 bridgehead atoms. The molecule has 12 heteroatoms. The molecule has 1 aromatic heterocycles. The van der Waals surface area contributed by atoms with E-state index in [1.807, 2.05) is 24.3 Å². The molecule has 246 valence electrons. The number of para-hydroxylation sites is 2. The number of nitrogens with two attached hydrogens (primary N) is 2. The number of aromatic nitrogens is 2. The van der Waals surface area contributed by atoms with Crippen LogP contribution in [0.15, 0.2) is 72.7 Å². The van der Waals surface area contributed by atoms with Crippen LogP contribution in [0.5, 0.6) is 23.0 Å². The predicted octanol–water partition coefficient (Wildman–Crippen LogP) is 4.36. The minimum Gasteiger partial charge on any atom is -0.493 e. The number of amides is 2. The zero-order chi connectivity index (χ0) is 33.3. The fourth-order valence-corrected chi connectivity index (χ4v) is 5.15. The van der Waals surface area contributed by atoms with Crippen LogP contribution in [0.1, 0.15) is 54.8 Å². The van der Waals surface area contributed by atoms with E-state index in [0.717, 1.165) is 11.3 Å². The standard InChI is InChI=1S/C20H25N3O3.C14H19N3O3/c1-25-17-10-6-9-15(20(17)26-2)13-19(24)21-18-12-11-16(22-23-18)14-7-4-3-5-8-14;1-19-11-6-3-5-10(14(11)20-2)9-13(18)17-12(16)7-4-8-15/h6,9-12,14H,3-5,7-8,13H2,1-2H3,(H,21,23,24);3-8H,9,15-16H2,1-2H3,(H,17,18)/b;8-4-,12-7+. The highest BCUT2D eigenvalue weighted by Gasteiger charge is 2.18. The Bertz CT molecular complexity index is 1490. The van der Waals surface area contributed by atoms with Crippen molar-refractivity contribution in [3.8, 4) is 23.0 Å². The summed E-state index contributed by atoms with van der Waals surface area (Å²) in [4.78, 5) is 24.2. The second kappa shape index (κ2) is 18.5. The van der Waals surface area contributed by atoms with Gasteiger partial charge in [-0.15, -0.1) is 5.10 Å². The van der Waals surface area contributed by atoms with Crippen LogP contribution < -0.4 is 41.0 Å². The molecule has 46 heavy (non-hydrogen) atoms. The van der Waals surface area contributed by atoms with Gasteiger partial charge in [-0.2, -0.15) is 5.10 Å². The summed E-state index contributed by atoms with van der Waals surface area (Å²) < 4.78 is 21.1. The molecule has 6 N–H and O–H groups in total. The number of allylic oxidation sites excluding steroid dienone is 2. The smallest absolute Gasteiger partial charge is 0.230 e. The Morgan fingerprint density at radius 3 is 1.89 bits per heavy atom. The number of benzene rings is 2. The molecular formula is C34H44N6O6. The van der Waals surface area contributed by atoms with Crippen LogP contribution >= 0.6 is 0 Å². The molecule has 3 aromatic rings. The summed E-state index contributed by atoms with van der Waals surface area (Å²) in [6.07, 6.45) is 10.8. The van der Waals surface area contributed by atoms with Gasteiger partial charge in [0.2, 0.25) is 11.8 Å². The highest BCUT2D eigenvalue weighted by Crippen LogP contribution is 2.33. The zero-order valence-corrected chi connectivity index (χ0v) is 26.9. The van der Waals surface area contributed by atoms with Gasteiger partial charge in [0, 0.05) is 17.0 Å². The average Bonchev–Trinajstić information content (AvgIpc) is 3.08. The number of hydrogen-bond donors (Lipinski definition) is 4. The lowest BCUT2D eigenvalue weighted by Gasteiger charge is -2.20. The summed E-state index contributed by atoms with van der Waals surface area (Å²) in [6, 6.07) is 14.6. The molecule has 0 saturated heterocycles. The molecule has 4 rings (SSSR count). The first kappa shape index (κ1) is 35.2. The number of methoxy groups -OCH3 is 4. The summed E-state index contributed by atoms with van der Waals surface area (Å²) in [7, 11) is 6.21. The SMILES string of the molecule is COc1cccc(CC(=O)N/C(N)=C/C=C\N)c1OC.COc1cccc(CC(=O)Nc2ccc(C3CCCCC3)nn2)c1OC. The highest BCUT2D eigenvalue weighted by atomic mass is 16.5. The molecular weight excluding hydrogens is 588 g/mol. The molecule has 1 aliphatic rings. The van der Waals surface area contributed by atoms with Crippen LogP contribution in [-0.4, -0.2) is 50.5 Å². The van der Waals surface area contributed by atoms with E-state index in [-0.39, 0.29) is 30.5 Å². The number of hydrogen-bond acceptors (Lipinski definition) is 10. The average molecular weight is 633 g/mol. The van der Waals surface area contributed by atoms with Gasteiger partial charge in [-0.25, -0.2) is 0 Å². The molecule has 2 aromatic carbocycles. The Hall–Kier alpha value is -5.26. The van der Waals surface area contributed by atoms with E-state index in [0.29, 0.717) is 40.3 Å². The van der Waals surface area contributed by atoms with Crippen LogP contribution in [-0.2, 0) is 22.4 Å². The number of ether oxygens (including phenoxy) is 4. The third kappa shape index (κ3) is 10.4. The number of anilines is 1. The van der Waals surface area contributed by atoms with Crippen LogP contribution in [0, 0.1) is 0 Å². The van der Waals surface area contributed by atoms with E-state index in [2.05, 4.69) is 20.8 Å². The quantitative estimate of drug-likeness (QED) is 0.210. The Balaban J connectivity index is 0.000000260. The van der Waals surface area contributed by atoms with Crippen LogP contribution in [0.4, 0.5) is 5.82 Å². The van der Waals surface area contributed by atoms with E-state index < -0.39 is 0 Å². The van der Waals surface area contributed by atoms with Crippen LogP contribution in [0.3, 0.4) is 0 Å². The van der Waals surface area contributed by atoms with Crippen LogP contribution in [0.2, 0.25) is 0 Å². The Labute approximate surface area is 270 Å². The normalized spacial score (nSPS) is 13.3. The summed E-state index contributed by atoms with van der Waals surface area (Å²) in [5, 5.41) is 13.8. The van der Waals surface area contributed by atoms with Crippen molar-refractivity contribution in [2.24, 2.45) is 11.5 Å². The number of nitrogens with one attached hydrogen (secondary N) is 2. The maximum atomic E-state index is 12.4. The van der Waals surface area contributed by atoms with E-state index in [1.54, 1.807) is 45.6 Å². The van der Waals surface area contributed by atoms with E-state index in [9.17, 15) is 9.59 Å². The van der Waals surface area contributed by atoms with Crippen molar-refractivity contribution in [1.29, 1.82) is 0 Å². The summed E-state index contributed by atoms with van der Waals surface area (Å²) >= 11 is 0. The molecule has 0 unspecified atom stereocenters. The van der Waals surface area contributed by atoms with Gasteiger partial charge in [-0.3, -0.25) is 9.59 Å². The summed E-state index contributed by atoms with van der Waals surface area (Å²) in [5.41, 5.74) is 13.3. The van der Waals surface area contributed by atoms with Gasteiger partial charge in [-0.1, -0.05) is 43.5 Å². The van der Waals surface area contributed by atoms with Crippen molar-refractivity contribution >= 4 is 17.6 Å². The zero-order valence-electron chi connectivity index (χ0n) is 26.9. The van der Waals surface area contributed by atoms with Crippen molar-refractivity contribution < 1.29 is 28.5 Å². The first-order valence-electron chi connectivity index (χ1n) is 15.0. The molecule has 2 amide bonds. The number of rotatable bonds is 12. The Morgan fingerprint density at radius 2 is 1.39 bits per heavy atom. The Kier molecular flexibility index (Phi) is 14.2. The number of carbonyl (C=O) groups is 2. The molecule has 0 radical (unpaired) electrons. The van der Waals surface area contributed by atoms with Gasteiger partial charge in [-0.05, 0) is 55.5 Å². The van der Waals surface area contributed by atoms with E-state index >= 15 is 0 Å². The van der Waals surface area contributed by atoms with Gasteiger partial charge in [0.15, 0.2) is 28.8 Å². The highest BCUT2D eigenvalue weighted by molar-refractivity contribution is 5.91. The third-order valence-corrected chi connectivity index (χ3v) is 7.32. The molecule has 1 aliphatic carbocycles. The maximum Gasteiger partial charge on any atom is 0.230 e. The first-order chi connectivity index (χ1) is 22.3. The van der Waals surface area contributed by atoms with Gasteiger partial charge < -0.3 is 41.0 Å². The van der Waals surface area contributed by atoms with Gasteiger partial charge in [0.05, 0.1) is 47.0 Å². The molecule has 0 atom stereocenters. The van der Waals surface area contributed by atoms with Gasteiger partial charge in [0.1, 0.15) is 5.82 Å². The van der Waals surface area contributed by atoms with E-state index in [1.165, 1.54) is 57.6 Å². The summed E-state index contributed by atoms with van der Waals surface area (Å²) in [5.74, 6) is 3.06. The lowest BCUT2D eigenvalue weighted by Crippen LogP contribution is -2.28. The molecule has 12 nitrogen and oxygen atoms in total. The van der Waals surface area contributed by atoms with Gasteiger partial charge >= 0.3 is 0 Å². The lowest BCUT2D eigenvalue weighted by atomic mass is 9.87. The molecule has 0 aliphatic heterocycles. The van der Waals surface area contributed by atoms with Crippen molar-refractivity contribution in [1.82, 2.24) is 15.5 Å². The second-order valence-electron chi connectivity index (χ2n) is 10.4. The van der Waals surface area contributed by atoms with Crippen molar-refractivity contribution in [2.75, 3.05) is 33.8 Å². The fraction of sp³-hybridized carbons (Fsp3) is 0.353. The fourth-order valence-electron chi connectivity index (χ4n) is 5.15. The third-order valence-electron chi connectivity index (χ3n) is 7.32. The van der Waals surface area contributed by atoms with Crippen molar-refractivity contribution in [2.45, 2.75) is 50.9 Å². The molecule has 0 spiro atoms. The Morgan fingerprint density at radius 1 is 0.804 bits per heavy atom. The molecule has 1 fully saturated rings. The van der Waals surface area contributed by atoms with Crippen molar-refractivity contribution in [3.05, 3.63) is 89.5 Å². The molecule has 1 heterocycles. The first-order valence-corrected chi connectivity index (χ1v) is 15.0. The molecule has 1 saturated carbocycles. The summed E-state index contributed by atoms with van der Waals surface area (Å²) in [6.45, 7) is 0. The predicted molar refractivity (Wildman–Crippen MR) is 177 cm³/mol. The minimum atomic E-state index is -0.254. The number of nitrogens with zero attached hydrogens (tertiary/aromatic N) is 2. The maximum absolute atomic E-state index is 12.4. The second-order valence-corrected chi connectivity index (χ2v) is 10.4. The lowest BCUT2D eigenvalue weighted by molar-refractivity contribution is -0.119. The topological polar surface area (TPSA) is 173 Å². The number of carbonyl (C=O) groups excluding carboxylic acids is 2. The minimum absolute atomic E-state index is 0.126. The largest absolute Gasteiger partial charge is 0.493 e.